The topological polar surface area (TPSA) is 124 Å². The van der Waals surface area contributed by atoms with Crippen molar-refractivity contribution in [2.24, 2.45) is 5.14 Å². The number of hydrogen-bond acceptors (Lipinski definition) is 7. The van der Waals surface area contributed by atoms with Gasteiger partial charge < -0.3 is 10.1 Å². The van der Waals surface area contributed by atoms with Gasteiger partial charge in [0.2, 0.25) is 15.9 Å². The molecule has 0 unspecified atom stereocenters. The van der Waals surface area contributed by atoms with Crippen LogP contribution in [-0.4, -0.2) is 37.7 Å². The van der Waals surface area contributed by atoms with Crippen molar-refractivity contribution in [3.63, 3.8) is 0 Å². The number of thioether (sulfide) groups is 1. The summed E-state index contributed by atoms with van der Waals surface area (Å²) in [6.07, 6.45) is 2.60. The second kappa shape index (κ2) is 8.68. The molecular weight excluding hydrogens is 388 g/mol. The van der Waals surface area contributed by atoms with Crippen LogP contribution in [0.5, 0.6) is 5.75 Å². The molecule has 27 heavy (non-hydrogen) atoms. The predicted octanol–water partition coefficient (Wildman–Crippen LogP) is 2.04. The zero-order valence-corrected chi connectivity index (χ0v) is 17.2. The van der Waals surface area contributed by atoms with Gasteiger partial charge >= 0.3 is 0 Å². The molecule has 0 aliphatic rings. The van der Waals surface area contributed by atoms with Crippen molar-refractivity contribution in [1.82, 2.24) is 9.97 Å². The highest BCUT2D eigenvalue weighted by Gasteiger charge is 2.17. The summed E-state index contributed by atoms with van der Waals surface area (Å²) < 4.78 is 28.3. The first-order valence-electron chi connectivity index (χ1n) is 8.04. The van der Waals surface area contributed by atoms with Gasteiger partial charge in [0, 0.05) is 23.5 Å². The van der Waals surface area contributed by atoms with E-state index in [-0.39, 0.29) is 23.0 Å². The molecule has 10 heteroatoms. The van der Waals surface area contributed by atoms with Crippen LogP contribution in [0, 0.1) is 13.8 Å². The largest absolute Gasteiger partial charge is 0.495 e. The Morgan fingerprint density at radius 3 is 2.41 bits per heavy atom. The molecular formula is C17H22N4O4S2. The van der Waals surface area contributed by atoms with Crippen molar-refractivity contribution in [2.75, 3.05) is 18.7 Å². The molecule has 0 spiro atoms. The SMILES string of the molecule is COc1ccc(NC(=O)CCc2c(C)nc(SC)nc2C)cc1S(N)(=O)=O. The number of carbonyl (C=O) groups is 1. The monoisotopic (exact) mass is 410 g/mol. The smallest absolute Gasteiger partial charge is 0.241 e. The Kier molecular flexibility index (Phi) is 6.79. The molecule has 0 aliphatic carbocycles. The van der Waals surface area contributed by atoms with Gasteiger partial charge in [-0.2, -0.15) is 0 Å². The maximum absolute atomic E-state index is 12.3. The van der Waals surface area contributed by atoms with Gasteiger partial charge in [-0.1, -0.05) is 11.8 Å². The van der Waals surface area contributed by atoms with E-state index in [1.165, 1.54) is 31.0 Å². The molecule has 2 rings (SSSR count). The van der Waals surface area contributed by atoms with Crippen molar-refractivity contribution in [1.29, 1.82) is 0 Å². The number of nitrogens with zero attached hydrogens (tertiary/aromatic N) is 2. The minimum absolute atomic E-state index is 0.118. The van der Waals surface area contributed by atoms with Crippen LogP contribution >= 0.6 is 11.8 Å². The normalized spacial score (nSPS) is 11.3. The minimum Gasteiger partial charge on any atom is -0.495 e. The summed E-state index contributed by atoms with van der Waals surface area (Å²) in [5.41, 5.74) is 2.95. The third-order valence-corrected chi connectivity index (χ3v) is 5.42. The standard InChI is InChI=1S/C17H22N4O4S2/c1-10-13(11(2)20-17(19-10)26-4)6-8-16(22)21-12-5-7-14(25-3)15(9-12)27(18,23)24/h5,7,9H,6,8H2,1-4H3,(H,21,22)(H2,18,23,24). The Hall–Kier alpha value is -2.17. The van der Waals surface area contributed by atoms with Crippen LogP contribution in [0.25, 0.3) is 0 Å². The van der Waals surface area contributed by atoms with Crippen LogP contribution in [0.15, 0.2) is 28.3 Å². The number of carbonyl (C=O) groups excluding carboxylic acids is 1. The number of aryl methyl sites for hydroxylation is 2. The summed E-state index contributed by atoms with van der Waals surface area (Å²) >= 11 is 1.47. The van der Waals surface area contributed by atoms with E-state index in [1.807, 2.05) is 20.1 Å². The Balaban J connectivity index is 2.11. The van der Waals surface area contributed by atoms with E-state index in [9.17, 15) is 13.2 Å². The quantitative estimate of drug-likeness (QED) is 0.529. The van der Waals surface area contributed by atoms with Crippen molar-refractivity contribution in [3.8, 4) is 5.75 Å². The van der Waals surface area contributed by atoms with Gasteiger partial charge in [0.15, 0.2) is 5.16 Å². The minimum atomic E-state index is -3.97. The van der Waals surface area contributed by atoms with E-state index >= 15 is 0 Å². The fourth-order valence-electron chi connectivity index (χ4n) is 2.60. The number of anilines is 1. The third kappa shape index (κ3) is 5.41. The van der Waals surface area contributed by atoms with E-state index in [1.54, 1.807) is 6.07 Å². The van der Waals surface area contributed by atoms with E-state index in [2.05, 4.69) is 15.3 Å². The number of nitrogens with one attached hydrogen (secondary N) is 1. The number of methoxy groups -OCH3 is 1. The third-order valence-electron chi connectivity index (χ3n) is 3.94. The maximum Gasteiger partial charge on any atom is 0.241 e. The fraction of sp³-hybridized carbons (Fsp3) is 0.353. The van der Waals surface area contributed by atoms with Crippen LogP contribution in [0.4, 0.5) is 5.69 Å². The van der Waals surface area contributed by atoms with E-state index < -0.39 is 10.0 Å². The molecule has 1 aromatic heterocycles. The highest BCUT2D eigenvalue weighted by molar-refractivity contribution is 7.98. The molecule has 1 amide bonds. The lowest BCUT2D eigenvalue weighted by molar-refractivity contribution is -0.116. The summed E-state index contributed by atoms with van der Waals surface area (Å²) in [4.78, 5) is 20.9. The van der Waals surface area contributed by atoms with Crippen LogP contribution < -0.4 is 15.2 Å². The first kappa shape index (κ1) is 21.1. The lowest BCUT2D eigenvalue weighted by Gasteiger charge is -2.12. The average molecular weight is 411 g/mol. The molecule has 1 heterocycles. The molecule has 2 aromatic rings. The molecule has 3 N–H and O–H groups in total. The fourth-order valence-corrected chi connectivity index (χ4v) is 3.78. The van der Waals surface area contributed by atoms with Gasteiger partial charge in [0.1, 0.15) is 10.6 Å². The molecule has 0 saturated heterocycles. The zero-order chi connectivity index (χ0) is 20.2. The predicted molar refractivity (Wildman–Crippen MR) is 105 cm³/mol. The molecule has 0 atom stereocenters. The average Bonchev–Trinajstić information content (AvgIpc) is 2.60. The van der Waals surface area contributed by atoms with Crippen molar-refractivity contribution in [2.45, 2.75) is 36.7 Å². The number of sulfonamides is 1. The summed E-state index contributed by atoms with van der Waals surface area (Å²) in [6.45, 7) is 3.78. The van der Waals surface area contributed by atoms with Gasteiger partial charge in [0.25, 0.3) is 0 Å². The van der Waals surface area contributed by atoms with Crippen molar-refractivity contribution in [3.05, 3.63) is 35.2 Å². The van der Waals surface area contributed by atoms with Crippen molar-refractivity contribution >= 4 is 33.4 Å². The number of nitrogens with two attached hydrogens (primary N) is 1. The highest BCUT2D eigenvalue weighted by atomic mass is 32.2. The Bertz CT molecular complexity index is 938. The van der Waals surface area contributed by atoms with Gasteiger partial charge in [0.05, 0.1) is 7.11 Å². The molecule has 0 radical (unpaired) electrons. The number of amides is 1. The van der Waals surface area contributed by atoms with Crippen LogP contribution in [0.2, 0.25) is 0 Å². The lowest BCUT2D eigenvalue weighted by Crippen LogP contribution is -2.16. The molecule has 0 aliphatic heterocycles. The number of rotatable bonds is 7. The second-order valence-corrected chi connectivity index (χ2v) is 8.12. The van der Waals surface area contributed by atoms with Crippen LogP contribution in [-0.2, 0) is 21.2 Å². The van der Waals surface area contributed by atoms with Gasteiger partial charge in [-0.25, -0.2) is 23.5 Å². The first-order valence-corrected chi connectivity index (χ1v) is 10.8. The van der Waals surface area contributed by atoms with Crippen LogP contribution in [0.1, 0.15) is 23.4 Å². The summed E-state index contributed by atoms with van der Waals surface area (Å²) in [6, 6.07) is 4.27. The summed E-state index contributed by atoms with van der Waals surface area (Å²) in [7, 11) is -2.63. The molecule has 8 nitrogen and oxygen atoms in total. The lowest BCUT2D eigenvalue weighted by atomic mass is 10.1. The number of hydrogen-bond donors (Lipinski definition) is 2. The van der Waals surface area contributed by atoms with Crippen molar-refractivity contribution < 1.29 is 17.9 Å². The molecule has 146 valence electrons. The van der Waals surface area contributed by atoms with E-state index in [4.69, 9.17) is 9.88 Å². The van der Waals surface area contributed by atoms with Gasteiger partial charge in [-0.3, -0.25) is 4.79 Å². The number of benzene rings is 1. The maximum atomic E-state index is 12.3. The zero-order valence-electron chi connectivity index (χ0n) is 15.6. The summed E-state index contributed by atoms with van der Waals surface area (Å²) in [5, 5.41) is 8.57. The first-order chi connectivity index (χ1) is 12.7. The summed E-state index contributed by atoms with van der Waals surface area (Å²) in [5.74, 6) is -0.138. The molecule has 0 saturated carbocycles. The molecule has 0 fully saturated rings. The van der Waals surface area contributed by atoms with Crippen LogP contribution in [0.3, 0.4) is 0 Å². The Labute approximate surface area is 163 Å². The number of aromatic nitrogens is 2. The Morgan fingerprint density at radius 2 is 1.89 bits per heavy atom. The number of ether oxygens (including phenoxy) is 1. The van der Waals surface area contributed by atoms with E-state index in [0.717, 1.165) is 17.0 Å². The number of primary sulfonamides is 1. The molecule has 1 aromatic carbocycles. The van der Waals surface area contributed by atoms with E-state index in [0.29, 0.717) is 17.3 Å². The van der Waals surface area contributed by atoms with Gasteiger partial charge in [-0.15, -0.1) is 0 Å². The molecule has 0 bridgehead atoms. The second-order valence-electron chi connectivity index (χ2n) is 5.82. The Morgan fingerprint density at radius 1 is 1.26 bits per heavy atom. The van der Waals surface area contributed by atoms with Gasteiger partial charge in [-0.05, 0) is 50.3 Å². The highest BCUT2D eigenvalue weighted by Crippen LogP contribution is 2.26.